The van der Waals surface area contributed by atoms with E-state index in [9.17, 15) is 14.4 Å². The van der Waals surface area contributed by atoms with Crippen LogP contribution in [0.15, 0.2) is 0 Å². The molecule has 1 amide bonds. The molecule has 0 aromatic rings. The number of aliphatic hydroxyl groups excluding tert-OH is 1. The van der Waals surface area contributed by atoms with Crippen molar-refractivity contribution in [3.63, 3.8) is 0 Å². The molecule has 0 saturated heterocycles. The molecule has 0 heterocycles. The molecule has 0 aromatic heterocycles. The van der Waals surface area contributed by atoms with Crippen molar-refractivity contribution in [3.8, 4) is 0 Å². The van der Waals surface area contributed by atoms with Crippen LogP contribution in [0.2, 0.25) is 0 Å². The van der Waals surface area contributed by atoms with Gasteiger partial charge in [0, 0.05) is 39.5 Å². The molecule has 9 nitrogen and oxygen atoms in total. The molecule has 1 unspecified atom stereocenters. The van der Waals surface area contributed by atoms with Gasteiger partial charge < -0.3 is 29.4 Å². The lowest BCUT2D eigenvalue weighted by molar-refractivity contribution is -0.159. The molecule has 0 bridgehead atoms. The highest BCUT2D eigenvalue weighted by Crippen LogP contribution is 2.15. The third-order valence-electron chi connectivity index (χ3n) is 9.17. The second-order valence-electron chi connectivity index (χ2n) is 15.4. The summed E-state index contributed by atoms with van der Waals surface area (Å²) in [4.78, 5) is 37.6. The van der Waals surface area contributed by atoms with Gasteiger partial charge in [-0.05, 0) is 39.0 Å². The van der Waals surface area contributed by atoms with Gasteiger partial charge in [-0.25, -0.2) is 4.79 Å². The molecule has 0 aliphatic carbocycles. The van der Waals surface area contributed by atoms with Crippen molar-refractivity contribution in [2.75, 3.05) is 33.5 Å². The number of carbonyl (C=O) groups is 3. The van der Waals surface area contributed by atoms with E-state index < -0.39 is 17.8 Å². The Hall–Kier alpha value is -1.87. The zero-order valence-electron chi connectivity index (χ0n) is 35.2. The van der Waals surface area contributed by atoms with Crippen LogP contribution in [0.3, 0.4) is 0 Å². The van der Waals surface area contributed by atoms with E-state index in [0.717, 1.165) is 52.1 Å². The second kappa shape index (κ2) is 38.8. The van der Waals surface area contributed by atoms with Crippen LogP contribution in [0.5, 0.6) is 0 Å². The number of carbonyl (C=O) groups excluding carboxylic acids is 3. The predicted molar refractivity (Wildman–Crippen MR) is 215 cm³/mol. The summed E-state index contributed by atoms with van der Waals surface area (Å²) in [5.41, 5.74) is -0.583. The summed E-state index contributed by atoms with van der Waals surface area (Å²) in [6.07, 6.45) is 27.6. The number of ether oxygens (including phenoxy) is 4. The minimum Gasteiger partial charge on any atom is -0.462 e. The monoisotopic (exact) mass is 744 g/mol. The summed E-state index contributed by atoms with van der Waals surface area (Å²) in [5, 5.41) is 9.74. The average molecular weight is 744 g/mol. The molecule has 2 N–H and O–H groups in total. The van der Waals surface area contributed by atoms with Gasteiger partial charge in [0.05, 0.1) is 5.60 Å². The summed E-state index contributed by atoms with van der Waals surface area (Å²) < 4.78 is 22.5. The lowest BCUT2D eigenvalue weighted by atomic mass is 10.1. The second-order valence-corrected chi connectivity index (χ2v) is 15.4. The van der Waals surface area contributed by atoms with Gasteiger partial charge in [-0.2, -0.15) is 0 Å². The zero-order valence-corrected chi connectivity index (χ0v) is 35.2. The lowest BCUT2D eigenvalue weighted by Gasteiger charge is -2.25. The number of rotatable bonds is 36. The first-order valence-corrected chi connectivity index (χ1v) is 21.4. The van der Waals surface area contributed by atoms with Crippen LogP contribution < -0.4 is 5.32 Å². The van der Waals surface area contributed by atoms with Crippen LogP contribution in [0.25, 0.3) is 0 Å². The average Bonchev–Trinajstić information content (AvgIpc) is 3.11. The fraction of sp³-hybridized carbons (Fsp3) is 0.930. The highest BCUT2D eigenvalue weighted by atomic mass is 16.6. The number of amides is 1. The third-order valence-corrected chi connectivity index (χ3v) is 9.17. The van der Waals surface area contributed by atoms with E-state index >= 15 is 0 Å². The van der Waals surface area contributed by atoms with Crippen molar-refractivity contribution in [1.29, 1.82) is 0 Å². The molecule has 52 heavy (non-hydrogen) atoms. The van der Waals surface area contributed by atoms with Gasteiger partial charge >= 0.3 is 18.0 Å². The van der Waals surface area contributed by atoms with Gasteiger partial charge in [0.15, 0.2) is 0 Å². The number of hydrogen-bond donors (Lipinski definition) is 2. The van der Waals surface area contributed by atoms with Crippen molar-refractivity contribution >= 4 is 18.0 Å². The van der Waals surface area contributed by atoms with Crippen molar-refractivity contribution in [3.05, 3.63) is 0 Å². The quantitative estimate of drug-likeness (QED) is 0.0370. The molecule has 0 saturated carbocycles. The normalized spacial score (nSPS) is 11.9. The number of esters is 2. The van der Waals surface area contributed by atoms with Gasteiger partial charge in [-0.3, -0.25) is 9.59 Å². The van der Waals surface area contributed by atoms with Crippen molar-refractivity contribution < 1.29 is 38.4 Å². The Labute approximate surface area is 320 Å². The summed E-state index contributed by atoms with van der Waals surface area (Å²) in [6.45, 7) is 13.5. The number of aliphatic hydroxyl groups is 1. The number of nitrogens with one attached hydrogen (secondary N) is 1. The van der Waals surface area contributed by atoms with Crippen molar-refractivity contribution in [2.45, 2.75) is 220 Å². The molecule has 9 heteroatoms. The minimum atomic E-state index is -0.618. The fourth-order valence-electron chi connectivity index (χ4n) is 5.78. The summed E-state index contributed by atoms with van der Waals surface area (Å²) in [5.74, 6) is -0.00444. The third kappa shape index (κ3) is 39.3. The first kappa shape index (κ1) is 52.2. The predicted octanol–water partition coefficient (Wildman–Crippen LogP) is 11.4. The Bertz CT molecular complexity index is 804. The van der Waals surface area contributed by atoms with Crippen LogP contribution in [0.1, 0.15) is 208 Å². The number of hydrogen-bond acceptors (Lipinski definition) is 8. The molecule has 310 valence electrons. The summed E-state index contributed by atoms with van der Waals surface area (Å²) in [6, 6.07) is 0. The SMILES string of the molecule is CCCCCCCCCCCCCC(=O)OCC(CCNC(=O)OCC(C)(C)OCCC(C)C)OC(=O)CCCCCCCCCCCCC.CO. The first-order chi connectivity index (χ1) is 25.1. The molecule has 0 aliphatic rings. The van der Waals surface area contributed by atoms with E-state index in [1.54, 1.807) is 0 Å². The topological polar surface area (TPSA) is 120 Å². The van der Waals surface area contributed by atoms with Gasteiger partial charge in [0.1, 0.15) is 19.3 Å². The van der Waals surface area contributed by atoms with E-state index in [-0.39, 0.29) is 31.7 Å². The molecule has 1 atom stereocenters. The Kier molecular flexibility index (Phi) is 39.0. The zero-order chi connectivity index (χ0) is 39.1. The van der Waals surface area contributed by atoms with Crippen LogP contribution in [-0.4, -0.2) is 68.3 Å². The lowest BCUT2D eigenvalue weighted by Crippen LogP contribution is -2.37. The standard InChI is InChI=1S/C42H81NO7.CH4O/c1-7-9-11-13-15-17-19-21-23-25-27-29-39(44)47-35-38(31-33-43-41(46)48-36-42(5,6)49-34-32-37(3)4)50-40(45)30-28-26-24-22-20-18-16-14-12-10-8-2;1-2/h37-38H,7-36H2,1-6H3,(H,43,46);2H,1H3. The number of alkyl carbamates (subject to hydrolysis) is 1. The van der Waals surface area contributed by atoms with Crippen molar-refractivity contribution in [1.82, 2.24) is 5.32 Å². The minimum absolute atomic E-state index is 0.00564. The van der Waals surface area contributed by atoms with Crippen LogP contribution >= 0.6 is 0 Å². The highest BCUT2D eigenvalue weighted by Gasteiger charge is 2.22. The highest BCUT2D eigenvalue weighted by molar-refractivity contribution is 5.70. The Morgan fingerprint density at radius 3 is 1.46 bits per heavy atom. The van der Waals surface area contributed by atoms with E-state index in [2.05, 4.69) is 33.0 Å². The largest absolute Gasteiger partial charge is 0.462 e. The van der Waals surface area contributed by atoms with Gasteiger partial charge in [-0.15, -0.1) is 0 Å². The maximum absolute atomic E-state index is 12.7. The van der Waals surface area contributed by atoms with E-state index in [1.165, 1.54) is 103 Å². The fourth-order valence-corrected chi connectivity index (χ4v) is 5.78. The van der Waals surface area contributed by atoms with Gasteiger partial charge in [0.25, 0.3) is 0 Å². The van der Waals surface area contributed by atoms with Gasteiger partial charge in [0.2, 0.25) is 0 Å². The smallest absolute Gasteiger partial charge is 0.407 e. The Balaban J connectivity index is 0. The summed E-state index contributed by atoms with van der Waals surface area (Å²) in [7, 11) is 1.00. The van der Waals surface area contributed by atoms with E-state index in [1.807, 2.05) is 13.8 Å². The van der Waals surface area contributed by atoms with Crippen LogP contribution in [-0.2, 0) is 28.5 Å². The molecule has 0 aromatic carbocycles. The van der Waals surface area contributed by atoms with Crippen LogP contribution in [0, 0.1) is 5.92 Å². The Morgan fingerprint density at radius 2 is 1.02 bits per heavy atom. The van der Waals surface area contributed by atoms with Gasteiger partial charge in [-0.1, -0.05) is 156 Å². The number of unbranched alkanes of at least 4 members (excludes halogenated alkanes) is 20. The maximum atomic E-state index is 12.7. The maximum Gasteiger partial charge on any atom is 0.407 e. The molecule has 0 aliphatic heterocycles. The van der Waals surface area contributed by atoms with E-state index in [4.69, 9.17) is 24.1 Å². The molecular formula is C43H85NO8. The molecule has 0 spiro atoms. The molecule has 0 radical (unpaired) electrons. The Morgan fingerprint density at radius 1 is 0.596 bits per heavy atom. The molecule has 0 rings (SSSR count). The molecular weight excluding hydrogens is 658 g/mol. The van der Waals surface area contributed by atoms with E-state index in [0.29, 0.717) is 31.8 Å². The molecule has 0 fully saturated rings. The first-order valence-electron chi connectivity index (χ1n) is 21.4. The summed E-state index contributed by atoms with van der Waals surface area (Å²) >= 11 is 0. The van der Waals surface area contributed by atoms with Crippen LogP contribution in [0.4, 0.5) is 4.79 Å². The van der Waals surface area contributed by atoms with Crippen molar-refractivity contribution in [2.24, 2.45) is 5.92 Å².